The summed E-state index contributed by atoms with van der Waals surface area (Å²) >= 11 is 0. The van der Waals surface area contributed by atoms with Gasteiger partial charge in [-0.05, 0) is 56.1 Å². The van der Waals surface area contributed by atoms with Crippen LogP contribution in [0.15, 0.2) is 36.7 Å². The zero-order chi connectivity index (χ0) is 13.1. The van der Waals surface area contributed by atoms with Gasteiger partial charge in [-0.3, -0.25) is 4.98 Å². The molecule has 1 heterocycles. The van der Waals surface area contributed by atoms with Crippen LogP contribution < -0.4 is 5.32 Å². The number of nitrogens with zero attached hydrogens (tertiary/aromatic N) is 1. The molecule has 0 saturated carbocycles. The van der Waals surface area contributed by atoms with Gasteiger partial charge in [-0.25, -0.2) is 0 Å². The maximum absolute atomic E-state index is 4.22. The lowest BCUT2D eigenvalue weighted by Crippen LogP contribution is -2.20. The summed E-state index contributed by atoms with van der Waals surface area (Å²) in [6.07, 6.45) is 3.74. The van der Waals surface area contributed by atoms with Gasteiger partial charge in [-0.1, -0.05) is 23.8 Å². The summed E-state index contributed by atoms with van der Waals surface area (Å²) in [4.78, 5) is 4.22. The molecule has 2 heteroatoms. The molecule has 0 radical (unpaired) electrons. The number of aryl methyl sites for hydroxylation is 3. The van der Waals surface area contributed by atoms with Crippen LogP contribution in [0.2, 0.25) is 0 Å². The van der Waals surface area contributed by atoms with Gasteiger partial charge in [0, 0.05) is 12.4 Å². The van der Waals surface area contributed by atoms with E-state index in [1.807, 2.05) is 25.5 Å². The van der Waals surface area contributed by atoms with Gasteiger partial charge in [0.15, 0.2) is 0 Å². The van der Waals surface area contributed by atoms with Crippen LogP contribution in [-0.4, -0.2) is 12.0 Å². The lowest BCUT2D eigenvalue weighted by atomic mass is 9.91. The zero-order valence-corrected chi connectivity index (χ0v) is 11.5. The molecule has 0 saturated heterocycles. The molecule has 2 rings (SSSR count). The smallest absolute Gasteiger partial charge is 0.0594 e. The molecule has 1 unspecified atom stereocenters. The van der Waals surface area contributed by atoms with E-state index in [1.165, 1.54) is 27.8 Å². The molecular formula is C16H20N2. The van der Waals surface area contributed by atoms with Crippen LogP contribution in [0.25, 0.3) is 0 Å². The lowest BCUT2D eigenvalue weighted by molar-refractivity contribution is 0.680. The summed E-state index contributed by atoms with van der Waals surface area (Å²) in [7, 11) is 2.00. The predicted molar refractivity (Wildman–Crippen MR) is 75.8 cm³/mol. The molecule has 1 N–H and O–H groups in total. The largest absolute Gasteiger partial charge is 0.309 e. The Kier molecular flexibility index (Phi) is 3.78. The summed E-state index contributed by atoms with van der Waals surface area (Å²) in [5.74, 6) is 0. The normalized spacial score (nSPS) is 12.4. The van der Waals surface area contributed by atoms with Crippen molar-refractivity contribution in [3.05, 3.63) is 64.5 Å². The number of aromatic nitrogens is 1. The first-order valence-electron chi connectivity index (χ1n) is 6.28. The van der Waals surface area contributed by atoms with Crippen LogP contribution in [0.5, 0.6) is 0 Å². The highest BCUT2D eigenvalue weighted by Gasteiger charge is 2.16. The fraction of sp³-hybridized carbons (Fsp3) is 0.312. The molecule has 1 atom stereocenters. The van der Waals surface area contributed by atoms with Crippen molar-refractivity contribution in [2.45, 2.75) is 26.8 Å². The van der Waals surface area contributed by atoms with Crippen molar-refractivity contribution in [3.8, 4) is 0 Å². The minimum Gasteiger partial charge on any atom is -0.309 e. The molecule has 0 spiro atoms. The van der Waals surface area contributed by atoms with Crippen LogP contribution >= 0.6 is 0 Å². The highest BCUT2D eigenvalue weighted by molar-refractivity contribution is 5.43. The molecule has 0 amide bonds. The first-order chi connectivity index (χ1) is 8.63. The Labute approximate surface area is 109 Å². The second-order valence-electron chi connectivity index (χ2n) is 4.82. The van der Waals surface area contributed by atoms with Gasteiger partial charge in [0.05, 0.1) is 6.04 Å². The van der Waals surface area contributed by atoms with E-state index >= 15 is 0 Å². The van der Waals surface area contributed by atoms with Crippen molar-refractivity contribution in [3.63, 3.8) is 0 Å². The molecule has 0 bridgehead atoms. The fourth-order valence-corrected chi connectivity index (χ4v) is 2.67. The van der Waals surface area contributed by atoms with Crippen molar-refractivity contribution < 1.29 is 0 Å². The van der Waals surface area contributed by atoms with Gasteiger partial charge < -0.3 is 5.32 Å². The van der Waals surface area contributed by atoms with Gasteiger partial charge >= 0.3 is 0 Å². The Morgan fingerprint density at radius 3 is 2.28 bits per heavy atom. The van der Waals surface area contributed by atoms with Crippen molar-refractivity contribution in [1.82, 2.24) is 10.3 Å². The molecular weight excluding hydrogens is 220 g/mol. The Morgan fingerprint density at radius 2 is 1.78 bits per heavy atom. The van der Waals surface area contributed by atoms with Crippen LogP contribution in [0.1, 0.15) is 33.9 Å². The minimum absolute atomic E-state index is 0.208. The predicted octanol–water partition coefficient (Wildman–Crippen LogP) is 3.32. The summed E-state index contributed by atoms with van der Waals surface area (Å²) < 4.78 is 0. The summed E-state index contributed by atoms with van der Waals surface area (Å²) in [6.45, 7) is 6.49. The Bertz CT molecular complexity index is 509. The third kappa shape index (κ3) is 2.44. The van der Waals surface area contributed by atoms with Crippen LogP contribution in [0.4, 0.5) is 0 Å². The fourth-order valence-electron chi connectivity index (χ4n) is 2.67. The minimum atomic E-state index is 0.208. The van der Waals surface area contributed by atoms with E-state index in [4.69, 9.17) is 0 Å². The Hall–Kier alpha value is -1.67. The third-order valence-electron chi connectivity index (χ3n) is 3.33. The SMILES string of the molecule is CNC(c1cccnc1)c1c(C)cc(C)cc1C. The molecule has 94 valence electrons. The molecule has 1 aromatic heterocycles. The zero-order valence-electron chi connectivity index (χ0n) is 11.5. The molecule has 1 aromatic carbocycles. The first kappa shape index (κ1) is 12.8. The maximum Gasteiger partial charge on any atom is 0.0594 e. The molecule has 2 aromatic rings. The quantitative estimate of drug-likeness (QED) is 0.890. The Morgan fingerprint density at radius 1 is 1.11 bits per heavy atom. The number of hydrogen-bond donors (Lipinski definition) is 1. The first-order valence-corrected chi connectivity index (χ1v) is 6.28. The monoisotopic (exact) mass is 240 g/mol. The van der Waals surface area contributed by atoms with Crippen LogP contribution in [0.3, 0.4) is 0 Å². The standard InChI is InChI=1S/C16H20N2/c1-11-8-12(2)15(13(3)9-11)16(17-4)14-6-5-7-18-10-14/h5-10,16-17H,1-4H3. The number of nitrogens with one attached hydrogen (secondary N) is 1. The summed E-state index contributed by atoms with van der Waals surface area (Å²) in [6, 6.07) is 8.79. The Balaban J connectivity index is 2.52. The molecule has 2 nitrogen and oxygen atoms in total. The number of benzene rings is 1. The van der Waals surface area contributed by atoms with Gasteiger partial charge in [0.2, 0.25) is 0 Å². The van der Waals surface area contributed by atoms with E-state index in [1.54, 1.807) is 0 Å². The topological polar surface area (TPSA) is 24.9 Å². The molecule has 0 aliphatic rings. The van der Waals surface area contributed by atoms with Crippen molar-refractivity contribution in [2.24, 2.45) is 0 Å². The highest BCUT2D eigenvalue weighted by Crippen LogP contribution is 2.28. The van der Waals surface area contributed by atoms with E-state index < -0.39 is 0 Å². The van der Waals surface area contributed by atoms with Crippen LogP contribution in [-0.2, 0) is 0 Å². The number of rotatable bonds is 3. The lowest BCUT2D eigenvalue weighted by Gasteiger charge is -2.22. The second kappa shape index (κ2) is 5.32. The average Bonchev–Trinajstić information content (AvgIpc) is 2.34. The summed E-state index contributed by atoms with van der Waals surface area (Å²) in [5, 5.41) is 3.40. The van der Waals surface area contributed by atoms with E-state index in [-0.39, 0.29) is 6.04 Å². The van der Waals surface area contributed by atoms with Gasteiger partial charge in [-0.2, -0.15) is 0 Å². The molecule has 0 aliphatic carbocycles. The van der Waals surface area contributed by atoms with E-state index in [9.17, 15) is 0 Å². The second-order valence-corrected chi connectivity index (χ2v) is 4.82. The van der Waals surface area contributed by atoms with Crippen LogP contribution in [0, 0.1) is 20.8 Å². The molecule has 0 fully saturated rings. The third-order valence-corrected chi connectivity index (χ3v) is 3.33. The highest BCUT2D eigenvalue weighted by atomic mass is 14.9. The molecule has 18 heavy (non-hydrogen) atoms. The molecule has 0 aliphatic heterocycles. The van der Waals surface area contributed by atoms with Crippen molar-refractivity contribution in [2.75, 3.05) is 7.05 Å². The van der Waals surface area contributed by atoms with E-state index in [0.717, 1.165) is 0 Å². The van der Waals surface area contributed by atoms with Crippen molar-refractivity contribution in [1.29, 1.82) is 0 Å². The summed E-state index contributed by atoms with van der Waals surface area (Å²) in [5.41, 5.74) is 6.53. The van der Waals surface area contributed by atoms with Crippen molar-refractivity contribution >= 4 is 0 Å². The number of pyridine rings is 1. The van der Waals surface area contributed by atoms with E-state index in [0.29, 0.717) is 0 Å². The van der Waals surface area contributed by atoms with Gasteiger partial charge in [-0.15, -0.1) is 0 Å². The van der Waals surface area contributed by atoms with Gasteiger partial charge in [0.25, 0.3) is 0 Å². The maximum atomic E-state index is 4.22. The number of hydrogen-bond acceptors (Lipinski definition) is 2. The van der Waals surface area contributed by atoms with E-state index in [2.05, 4.69) is 49.3 Å². The average molecular weight is 240 g/mol. The van der Waals surface area contributed by atoms with Gasteiger partial charge in [0.1, 0.15) is 0 Å².